The number of ether oxygens (including phenoxy) is 1. The molecule has 10 heteroatoms. The van der Waals surface area contributed by atoms with Gasteiger partial charge < -0.3 is 15.0 Å². The number of benzene rings is 4. The molecule has 4 rings (SSSR count). The zero-order valence-electron chi connectivity index (χ0n) is 25.4. The Bertz CT molecular complexity index is 1630. The van der Waals surface area contributed by atoms with E-state index in [0.29, 0.717) is 24.6 Å². The standard InChI is InChI=1S/C35H38BrN3O5S/c1-3-23-37-35(41)33(24-27-11-7-5-8-12-27)38(25-28-15-17-29(36)18-16-28)34(40)26-39(30-13-9-6-10-14-30)45(42,43)32-21-19-31(20-22-32)44-4-2/h5-22,33H,3-4,23-26H2,1-2H3,(H,37,41)/t33-/m1/s1. The van der Waals surface area contributed by atoms with E-state index in [2.05, 4.69) is 21.2 Å². The van der Waals surface area contributed by atoms with Crippen molar-refractivity contribution in [1.82, 2.24) is 10.2 Å². The Morgan fingerprint density at radius 3 is 2.04 bits per heavy atom. The molecule has 0 aliphatic rings. The normalized spacial score (nSPS) is 11.8. The summed E-state index contributed by atoms with van der Waals surface area (Å²) in [5, 5.41) is 2.96. The molecule has 0 radical (unpaired) electrons. The highest BCUT2D eigenvalue weighted by Gasteiger charge is 2.34. The quantitative estimate of drug-likeness (QED) is 0.160. The second-order valence-electron chi connectivity index (χ2n) is 10.4. The van der Waals surface area contributed by atoms with Gasteiger partial charge in [0.15, 0.2) is 0 Å². The van der Waals surface area contributed by atoms with Crippen LogP contribution in [-0.4, -0.2) is 50.9 Å². The third-order valence-corrected chi connectivity index (χ3v) is 9.45. The molecule has 0 bridgehead atoms. The molecule has 4 aromatic carbocycles. The van der Waals surface area contributed by atoms with Crippen LogP contribution in [-0.2, 0) is 32.6 Å². The maximum atomic E-state index is 14.4. The second-order valence-corrected chi connectivity index (χ2v) is 13.2. The van der Waals surface area contributed by atoms with Crippen LogP contribution in [0.3, 0.4) is 0 Å². The third kappa shape index (κ3) is 9.18. The summed E-state index contributed by atoms with van der Waals surface area (Å²) < 4.78 is 35.7. The van der Waals surface area contributed by atoms with E-state index < -0.39 is 28.5 Å². The number of nitrogens with zero attached hydrogens (tertiary/aromatic N) is 2. The van der Waals surface area contributed by atoms with Gasteiger partial charge >= 0.3 is 0 Å². The number of carbonyl (C=O) groups is 2. The fraction of sp³-hybridized carbons (Fsp3) is 0.257. The number of nitrogens with one attached hydrogen (secondary N) is 1. The van der Waals surface area contributed by atoms with Gasteiger partial charge in [-0.15, -0.1) is 0 Å². The topological polar surface area (TPSA) is 96.0 Å². The third-order valence-electron chi connectivity index (χ3n) is 7.13. The van der Waals surface area contributed by atoms with Gasteiger partial charge in [0.1, 0.15) is 18.3 Å². The summed E-state index contributed by atoms with van der Waals surface area (Å²) >= 11 is 3.46. The van der Waals surface area contributed by atoms with Crippen LogP contribution in [0.25, 0.3) is 0 Å². The molecule has 4 aromatic rings. The second kappa shape index (κ2) is 16.2. The molecule has 1 atom stereocenters. The Balaban J connectivity index is 1.76. The summed E-state index contributed by atoms with van der Waals surface area (Å²) in [4.78, 5) is 29.6. The zero-order valence-corrected chi connectivity index (χ0v) is 27.8. The number of hydrogen-bond donors (Lipinski definition) is 1. The molecule has 45 heavy (non-hydrogen) atoms. The molecule has 0 aromatic heterocycles. The molecular weight excluding hydrogens is 654 g/mol. The van der Waals surface area contributed by atoms with E-state index in [1.54, 1.807) is 42.5 Å². The maximum Gasteiger partial charge on any atom is 0.264 e. The van der Waals surface area contributed by atoms with Crippen molar-refractivity contribution in [3.05, 3.63) is 125 Å². The smallest absolute Gasteiger partial charge is 0.264 e. The SMILES string of the molecule is CCCNC(=O)[C@@H](Cc1ccccc1)N(Cc1ccc(Br)cc1)C(=O)CN(c1ccccc1)S(=O)(=O)c1ccc(OCC)cc1. The number of halogens is 1. The minimum absolute atomic E-state index is 0.0172. The van der Waals surface area contributed by atoms with Gasteiger partial charge in [-0.25, -0.2) is 8.42 Å². The Hall–Kier alpha value is -4.15. The molecule has 236 valence electrons. The Morgan fingerprint density at radius 2 is 1.44 bits per heavy atom. The van der Waals surface area contributed by atoms with Crippen molar-refractivity contribution in [3.63, 3.8) is 0 Å². The number of carbonyl (C=O) groups excluding carboxylic acids is 2. The minimum Gasteiger partial charge on any atom is -0.494 e. The average molecular weight is 693 g/mol. The number of amides is 2. The Kier molecular flexibility index (Phi) is 12.2. The molecule has 0 saturated carbocycles. The van der Waals surface area contributed by atoms with E-state index in [0.717, 1.165) is 26.3 Å². The van der Waals surface area contributed by atoms with Crippen LogP contribution in [0.2, 0.25) is 0 Å². The van der Waals surface area contributed by atoms with E-state index in [4.69, 9.17) is 4.74 Å². The highest BCUT2D eigenvalue weighted by atomic mass is 79.9. The van der Waals surface area contributed by atoms with Crippen molar-refractivity contribution < 1.29 is 22.7 Å². The van der Waals surface area contributed by atoms with Crippen molar-refractivity contribution in [1.29, 1.82) is 0 Å². The van der Waals surface area contributed by atoms with Crippen LogP contribution in [0.4, 0.5) is 5.69 Å². The van der Waals surface area contributed by atoms with Crippen molar-refractivity contribution in [3.8, 4) is 5.75 Å². The summed E-state index contributed by atoms with van der Waals surface area (Å²) in [6, 6.07) is 30.7. The molecule has 2 amide bonds. The molecule has 1 N–H and O–H groups in total. The van der Waals surface area contributed by atoms with Gasteiger partial charge in [0.25, 0.3) is 10.0 Å². The van der Waals surface area contributed by atoms with Gasteiger partial charge in [0.2, 0.25) is 11.8 Å². The van der Waals surface area contributed by atoms with Crippen molar-refractivity contribution in [2.45, 2.75) is 44.2 Å². The predicted molar refractivity (Wildman–Crippen MR) is 181 cm³/mol. The van der Waals surface area contributed by atoms with Crippen LogP contribution < -0.4 is 14.4 Å². The zero-order chi connectivity index (χ0) is 32.2. The van der Waals surface area contributed by atoms with Crippen LogP contribution in [0.1, 0.15) is 31.4 Å². The van der Waals surface area contributed by atoms with Crippen molar-refractivity contribution in [2.75, 3.05) is 24.0 Å². The monoisotopic (exact) mass is 691 g/mol. The lowest BCUT2D eigenvalue weighted by Crippen LogP contribution is -2.53. The van der Waals surface area contributed by atoms with Crippen LogP contribution in [0, 0.1) is 0 Å². The fourth-order valence-corrected chi connectivity index (χ4v) is 6.51. The minimum atomic E-state index is -4.19. The summed E-state index contributed by atoms with van der Waals surface area (Å²) in [5.74, 6) is -0.267. The number of para-hydroxylation sites is 1. The van der Waals surface area contributed by atoms with Crippen LogP contribution in [0.15, 0.2) is 119 Å². The first-order valence-corrected chi connectivity index (χ1v) is 17.1. The van der Waals surface area contributed by atoms with Crippen molar-refractivity contribution >= 4 is 43.5 Å². The molecule has 8 nitrogen and oxygen atoms in total. The molecule has 0 heterocycles. The van der Waals surface area contributed by atoms with Crippen LogP contribution >= 0.6 is 15.9 Å². The first-order chi connectivity index (χ1) is 21.7. The maximum absolute atomic E-state index is 14.4. The molecule has 0 saturated heterocycles. The van der Waals surface area contributed by atoms with Crippen molar-refractivity contribution in [2.24, 2.45) is 0 Å². The van der Waals surface area contributed by atoms with E-state index in [1.807, 2.05) is 68.4 Å². The molecule has 0 unspecified atom stereocenters. The average Bonchev–Trinajstić information content (AvgIpc) is 3.06. The van der Waals surface area contributed by atoms with E-state index in [9.17, 15) is 18.0 Å². The molecule has 0 spiro atoms. The first-order valence-electron chi connectivity index (χ1n) is 14.9. The highest BCUT2D eigenvalue weighted by molar-refractivity contribution is 9.10. The largest absolute Gasteiger partial charge is 0.494 e. The highest BCUT2D eigenvalue weighted by Crippen LogP contribution is 2.26. The lowest BCUT2D eigenvalue weighted by atomic mass is 10.0. The number of anilines is 1. The van der Waals surface area contributed by atoms with Gasteiger partial charge in [-0.05, 0) is 73.0 Å². The molecular formula is C35H38BrN3O5S. The number of rotatable bonds is 15. The lowest BCUT2D eigenvalue weighted by molar-refractivity contribution is -0.140. The summed E-state index contributed by atoms with van der Waals surface area (Å²) in [6.07, 6.45) is 0.988. The molecule has 0 fully saturated rings. The fourth-order valence-electron chi connectivity index (χ4n) is 4.83. The molecule has 0 aliphatic carbocycles. The van der Waals surface area contributed by atoms with Gasteiger partial charge in [-0.1, -0.05) is 83.5 Å². The van der Waals surface area contributed by atoms with Gasteiger partial charge in [-0.2, -0.15) is 0 Å². The first kappa shape index (κ1) is 33.7. The summed E-state index contributed by atoms with van der Waals surface area (Å²) in [5.41, 5.74) is 2.01. The van der Waals surface area contributed by atoms with Gasteiger partial charge in [0, 0.05) is 24.0 Å². The molecule has 0 aliphatic heterocycles. The van der Waals surface area contributed by atoms with Crippen LogP contribution in [0.5, 0.6) is 5.75 Å². The summed E-state index contributed by atoms with van der Waals surface area (Å²) in [7, 11) is -4.19. The number of hydrogen-bond acceptors (Lipinski definition) is 5. The van der Waals surface area contributed by atoms with Gasteiger partial charge in [0.05, 0.1) is 17.2 Å². The van der Waals surface area contributed by atoms with E-state index in [-0.39, 0.29) is 23.8 Å². The van der Waals surface area contributed by atoms with Gasteiger partial charge in [-0.3, -0.25) is 13.9 Å². The van der Waals surface area contributed by atoms with E-state index in [1.165, 1.54) is 17.0 Å². The summed E-state index contributed by atoms with van der Waals surface area (Å²) in [6.45, 7) is 4.30. The van der Waals surface area contributed by atoms with E-state index >= 15 is 0 Å². The predicted octanol–water partition coefficient (Wildman–Crippen LogP) is 6.21. The Morgan fingerprint density at radius 1 is 0.822 bits per heavy atom. The number of sulfonamides is 1. The lowest BCUT2D eigenvalue weighted by Gasteiger charge is -2.34. The Labute approximate surface area is 274 Å².